The molecule has 0 saturated carbocycles. The maximum Gasteiger partial charge on any atom is 0.175 e. The van der Waals surface area contributed by atoms with Gasteiger partial charge in [0.15, 0.2) is 9.84 Å². The zero-order valence-electron chi connectivity index (χ0n) is 10.2. The van der Waals surface area contributed by atoms with Crippen LogP contribution in [0, 0.1) is 0 Å². The zero-order valence-corrected chi connectivity index (χ0v) is 12.6. The number of thioether (sulfide) groups is 1. The molecule has 0 unspecified atom stereocenters. The molecule has 3 nitrogen and oxygen atoms in total. The minimum Gasteiger partial charge on any atom is -0.260 e. The predicted molar refractivity (Wildman–Crippen MR) is 78.4 cm³/mol. The lowest BCUT2D eigenvalue weighted by molar-refractivity contribution is 0.602. The molecule has 19 heavy (non-hydrogen) atoms. The molecule has 0 fully saturated rings. The van der Waals surface area contributed by atoms with Gasteiger partial charge in [-0.25, -0.2) is 8.42 Å². The van der Waals surface area contributed by atoms with Gasteiger partial charge in [0.1, 0.15) is 0 Å². The molecule has 0 saturated heterocycles. The van der Waals surface area contributed by atoms with Gasteiger partial charge in [0.05, 0.1) is 10.6 Å². The van der Waals surface area contributed by atoms with Crippen LogP contribution < -0.4 is 0 Å². The molecule has 2 rings (SSSR count). The van der Waals surface area contributed by atoms with E-state index in [1.165, 1.54) is 6.26 Å². The van der Waals surface area contributed by atoms with Gasteiger partial charge < -0.3 is 0 Å². The summed E-state index contributed by atoms with van der Waals surface area (Å²) in [6.07, 6.45) is 2.87. The Hall–Kier alpha value is -1.04. The average molecular weight is 314 g/mol. The van der Waals surface area contributed by atoms with Crippen LogP contribution in [0.1, 0.15) is 5.69 Å². The molecule has 0 spiro atoms. The zero-order chi connectivity index (χ0) is 13.9. The Labute approximate surface area is 121 Å². The Kier molecular flexibility index (Phi) is 4.50. The van der Waals surface area contributed by atoms with E-state index in [0.29, 0.717) is 15.7 Å². The van der Waals surface area contributed by atoms with Gasteiger partial charge in [-0.1, -0.05) is 11.6 Å². The van der Waals surface area contributed by atoms with Crippen molar-refractivity contribution in [1.29, 1.82) is 0 Å². The van der Waals surface area contributed by atoms with Crippen molar-refractivity contribution in [2.75, 3.05) is 6.26 Å². The number of rotatable bonds is 4. The summed E-state index contributed by atoms with van der Waals surface area (Å²) >= 11 is 7.47. The van der Waals surface area contributed by atoms with E-state index in [9.17, 15) is 8.42 Å². The topological polar surface area (TPSA) is 47.0 Å². The van der Waals surface area contributed by atoms with Gasteiger partial charge >= 0.3 is 0 Å². The molecule has 6 heteroatoms. The number of sulfone groups is 1. The van der Waals surface area contributed by atoms with Gasteiger partial charge in [-0.15, -0.1) is 11.8 Å². The van der Waals surface area contributed by atoms with Crippen molar-refractivity contribution in [2.45, 2.75) is 15.5 Å². The molecular formula is C13H12ClNO2S2. The first kappa shape index (κ1) is 14.4. The largest absolute Gasteiger partial charge is 0.260 e. The highest BCUT2D eigenvalue weighted by Gasteiger charge is 2.06. The van der Waals surface area contributed by atoms with Crippen molar-refractivity contribution < 1.29 is 8.42 Å². The lowest BCUT2D eigenvalue weighted by Crippen LogP contribution is -1.96. The number of hydrogen-bond donors (Lipinski definition) is 0. The second-order valence-electron chi connectivity index (χ2n) is 4.00. The number of benzene rings is 1. The van der Waals surface area contributed by atoms with Crippen LogP contribution in [0.3, 0.4) is 0 Å². The quantitative estimate of drug-likeness (QED) is 0.811. The van der Waals surface area contributed by atoms with E-state index in [4.69, 9.17) is 11.6 Å². The first-order valence-corrected chi connectivity index (χ1v) is 8.74. The standard InChI is InChI=1S/C13H12ClNO2S2/c1-19(16,17)13-4-2-12(3-5-13)18-9-11-8-10(14)6-7-15-11/h2-8H,9H2,1H3. The molecule has 0 amide bonds. The van der Waals surface area contributed by atoms with E-state index in [0.717, 1.165) is 10.6 Å². The number of aromatic nitrogens is 1. The Morgan fingerprint density at radius 3 is 2.47 bits per heavy atom. The minimum atomic E-state index is -3.13. The van der Waals surface area contributed by atoms with Crippen LogP contribution in [0.2, 0.25) is 5.02 Å². The number of halogens is 1. The van der Waals surface area contributed by atoms with E-state index >= 15 is 0 Å². The van der Waals surface area contributed by atoms with Gasteiger partial charge in [-0.05, 0) is 36.4 Å². The van der Waals surface area contributed by atoms with Crippen LogP contribution in [0.25, 0.3) is 0 Å². The molecule has 0 aliphatic carbocycles. The summed E-state index contributed by atoms with van der Waals surface area (Å²) in [5.74, 6) is 0.693. The van der Waals surface area contributed by atoms with Gasteiger partial charge in [-0.2, -0.15) is 0 Å². The van der Waals surface area contributed by atoms with Crippen LogP contribution in [0.5, 0.6) is 0 Å². The number of nitrogens with zero attached hydrogens (tertiary/aromatic N) is 1. The Morgan fingerprint density at radius 2 is 1.89 bits per heavy atom. The van der Waals surface area contributed by atoms with E-state index < -0.39 is 9.84 Å². The van der Waals surface area contributed by atoms with E-state index in [-0.39, 0.29) is 0 Å². The first-order chi connectivity index (χ1) is 8.95. The third-order valence-electron chi connectivity index (χ3n) is 2.42. The highest BCUT2D eigenvalue weighted by atomic mass is 35.5. The fraction of sp³-hybridized carbons (Fsp3) is 0.154. The smallest absolute Gasteiger partial charge is 0.175 e. The maximum atomic E-state index is 11.3. The van der Waals surface area contributed by atoms with Crippen molar-refractivity contribution in [2.24, 2.45) is 0 Å². The maximum absolute atomic E-state index is 11.3. The van der Waals surface area contributed by atoms with Crippen LogP contribution in [-0.4, -0.2) is 19.7 Å². The van der Waals surface area contributed by atoms with Crippen molar-refractivity contribution >= 4 is 33.2 Å². The number of hydrogen-bond acceptors (Lipinski definition) is 4. The molecule has 0 bridgehead atoms. The molecule has 0 aliphatic heterocycles. The minimum absolute atomic E-state index is 0.331. The van der Waals surface area contributed by atoms with Crippen LogP contribution >= 0.6 is 23.4 Å². The third kappa shape index (κ3) is 4.23. The van der Waals surface area contributed by atoms with Gasteiger partial charge in [0.25, 0.3) is 0 Å². The molecule has 1 aromatic heterocycles. The molecule has 1 aromatic carbocycles. The summed E-state index contributed by atoms with van der Waals surface area (Å²) in [7, 11) is -3.13. The van der Waals surface area contributed by atoms with Crippen molar-refractivity contribution in [3.05, 3.63) is 53.3 Å². The SMILES string of the molecule is CS(=O)(=O)c1ccc(SCc2cc(Cl)ccn2)cc1. The lowest BCUT2D eigenvalue weighted by atomic mass is 10.4. The van der Waals surface area contributed by atoms with Gasteiger partial charge in [0, 0.05) is 28.1 Å². The molecule has 100 valence electrons. The summed E-state index contributed by atoms with van der Waals surface area (Å²) in [5.41, 5.74) is 0.893. The molecule has 0 N–H and O–H groups in total. The molecule has 0 aliphatic rings. The summed E-state index contributed by atoms with van der Waals surface area (Å²) in [4.78, 5) is 5.54. The van der Waals surface area contributed by atoms with Crippen molar-refractivity contribution in [1.82, 2.24) is 4.98 Å². The summed E-state index contributed by atoms with van der Waals surface area (Å²) in [6, 6.07) is 10.4. The molecular weight excluding hydrogens is 302 g/mol. The van der Waals surface area contributed by atoms with Crippen LogP contribution in [0.15, 0.2) is 52.4 Å². The van der Waals surface area contributed by atoms with Crippen molar-refractivity contribution in [3.63, 3.8) is 0 Å². The van der Waals surface area contributed by atoms with E-state index in [2.05, 4.69) is 4.98 Å². The summed E-state index contributed by atoms with van der Waals surface area (Å²) < 4.78 is 22.7. The second kappa shape index (κ2) is 5.94. The van der Waals surface area contributed by atoms with Gasteiger partial charge in [0.2, 0.25) is 0 Å². The fourth-order valence-corrected chi connectivity index (χ4v) is 3.08. The summed E-state index contributed by atoms with van der Waals surface area (Å²) in [6.45, 7) is 0. The van der Waals surface area contributed by atoms with Gasteiger partial charge in [-0.3, -0.25) is 4.98 Å². The molecule has 1 heterocycles. The predicted octanol–water partition coefficient (Wildman–Crippen LogP) is 3.43. The highest BCUT2D eigenvalue weighted by molar-refractivity contribution is 7.98. The fourth-order valence-electron chi connectivity index (χ4n) is 1.47. The van der Waals surface area contributed by atoms with Crippen LogP contribution in [0.4, 0.5) is 0 Å². The molecule has 0 radical (unpaired) electrons. The monoisotopic (exact) mass is 313 g/mol. The Balaban J connectivity index is 2.05. The Bertz CT molecular complexity index is 669. The number of pyridine rings is 1. The highest BCUT2D eigenvalue weighted by Crippen LogP contribution is 2.24. The first-order valence-electron chi connectivity index (χ1n) is 5.48. The normalized spacial score (nSPS) is 11.5. The third-order valence-corrected chi connectivity index (χ3v) is 4.83. The van der Waals surface area contributed by atoms with E-state index in [1.54, 1.807) is 48.3 Å². The molecule has 0 atom stereocenters. The second-order valence-corrected chi connectivity index (χ2v) is 7.50. The van der Waals surface area contributed by atoms with Crippen LogP contribution in [-0.2, 0) is 15.6 Å². The average Bonchev–Trinajstić information content (AvgIpc) is 2.36. The molecule has 2 aromatic rings. The lowest BCUT2D eigenvalue weighted by Gasteiger charge is -2.03. The summed E-state index contributed by atoms with van der Waals surface area (Å²) in [5, 5.41) is 0.665. The Morgan fingerprint density at radius 1 is 1.21 bits per heavy atom. The van der Waals surface area contributed by atoms with E-state index in [1.807, 2.05) is 6.07 Å². The van der Waals surface area contributed by atoms with Crippen molar-refractivity contribution in [3.8, 4) is 0 Å².